The quantitative estimate of drug-likeness (QED) is 0.427. The summed E-state index contributed by atoms with van der Waals surface area (Å²) in [5.74, 6) is 0.610. The van der Waals surface area contributed by atoms with Crippen LogP contribution in [0.4, 0.5) is 0 Å². The largest absolute Gasteiger partial charge is 0.384 e. The van der Waals surface area contributed by atoms with E-state index in [0.29, 0.717) is 5.84 Å². The van der Waals surface area contributed by atoms with Crippen LogP contribution < -0.4 is 5.73 Å². The molecular formula is C14H22N2O. The predicted octanol–water partition coefficient (Wildman–Crippen LogP) is 2.60. The summed E-state index contributed by atoms with van der Waals surface area (Å²) < 4.78 is 5.45. The highest BCUT2D eigenvalue weighted by molar-refractivity contribution is 5.97. The second kappa shape index (κ2) is 8.76. The Labute approximate surface area is 104 Å². The highest BCUT2D eigenvalue weighted by Gasteiger charge is 1.95. The Morgan fingerprint density at radius 1 is 1.18 bits per heavy atom. The maximum atomic E-state index is 5.87. The summed E-state index contributed by atoms with van der Waals surface area (Å²) in [5.41, 5.74) is 6.85. The molecule has 1 aromatic rings. The topological polar surface area (TPSA) is 47.6 Å². The van der Waals surface area contributed by atoms with Gasteiger partial charge in [-0.3, -0.25) is 4.99 Å². The Morgan fingerprint density at radius 3 is 2.59 bits per heavy atom. The molecule has 0 aromatic heterocycles. The third kappa shape index (κ3) is 6.07. The van der Waals surface area contributed by atoms with Gasteiger partial charge in [0.1, 0.15) is 5.84 Å². The van der Waals surface area contributed by atoms with Crippen molar-refractivity contribution in [3.05, 3.63) is 35.9 Å². The molecule has 0 fully saturated rings. The number of aliphatic imine (C=N–C) groups is 1. The third-order valence-electron chi connectivity index (χ3n) is 2.44. The van der Waals surface area contributed by atoms with Crippen LogP contribution in [0.5, 0.6) is 0 Å². The first-order valence-corrected chi connectivity index (χ1v) is 6.27. The molecule has 0 saturated heterocycles. The van der Waals surface area contributed by atoms with Crippen molar-refractivity contribution in [3.8, 4) is 0 Å². The molecule has 94 valence electrons. The van der Waals surface area contributed by atoms with E-state index >= 15 is 0 Å². The molecule has 3 heteroatoms. The standard InChI is InChI=1S/C14H22N2O/c1-2-3-11-17-12-7-10-16-14(15)13-8-5-4-6-9-13/h4-6,8-9H,2-3,7,10-12H2,1H3,(H2,15,16). The number of hydrogen-bond acceptors (Lipinski definition) is 2. The van der Waals surface area contributed by atoms with E-state index in [9.17, 15) is 0 Å². The molecular weight excluding hydrogens is 212 g/mol. The van der Waals surface area contributed by atoms with Gasteiger partial charge < -0.3 is 10.5 Å². The van der Waals surface area contributed by atoms with Gasteiger partial charge in [-0.1, -0.05) is 43.7 Å². The maximum Gasteiger partial charge on any atom is 0.125 e. The fourth-order valence-corrected chi connectivity index (χ4v) is 1.41. The average molecular weight is 234 g/mol. The van der Waals surface area contributed by atoms with E-state index in [1.54, 1.807) is 0 Å². The van der Waals surface area contributed by atoms with Gasteiger partial charge in [0.15, 0.2) is 0 Å². The minimum atomic E-state index is 0.610. The lowest BCUT2D eigenvalue weighted by Crippen LogP contribution is -2.14. The van der Waals surface area contributed by atoms with E-state index in [2.05, 4.69) is 11.9 Å². The zero-order valence-corrected chi connectivity index (χ0v) is 10.6. The van der Waals surface area contributed by atoms with Crippen molar-refractivity contribution in [2.75, 3.05) is 19.8 Å². The summed E-state index contributed by atoms with van der Waals surface area (Å²) >= 11 is 0. The van der Waals surface area contributed by atoms with E-state index in [-0.39, 0.29) is 0 Å². The van der Waals surface area contributed by atoms with Crippen LogP contribution in [0, 0.1) is 0 Å². The Bertz CT molecular complexity index is 322. The highest BCUT2D eigenvalue weighted by Crippen LogP contribution is 1.98. The van der Waals surface area contributed by atoms with Crippen molar-refractivity contribution in [2.24, 2.45) is 10.7 Å². The molecule has 0 heterocycles. The second-order valence-corrected chi connectivity index (χ2v) is 3.95. The molecule has 0 radical (unpaired) electrons. The van der Waals surface area contributed by atoms with Crippen molar-refractivity contribution in [2.45, 2.75) is 26.2 Å². The molecule has 2 N–H and O–H groups in total. The normalized spacial score (nSPS) is 11.7. The van der Waals surface area contributed by atoms with Crippen LogP contribution in [-0.2, 0) is 4.74 Å². The van der Waals surface area contributed by atoms with Gasteiger partial charge in [0.2, 0.25) is 0 Å². The number of benzene rings is 1. The van der Waals surface area contributed by atoms with E-state index in [4.69, 9.17) is 10.5 Å². The smallest absolute Gasteiger partial charge is 0.125 e. The number of nitrogens with two attached hydrogens (primary N) is 1. The van der Waals surface area contributed by atoms with E-state index < -0.39 is 0 Å². The highest BCUT2D eigenvalue weighted by atomic mass is 16.5. The van der Waals surface area contributed by atoms with Crippen molar-refractivity contribution >= 4 is 5.84 Å². The number of hydrogen-bond donors (Lipinski definition) is 1. The number of ether oxygens (including phenoxy) is 1. The minimum Gasteiger partial charge on any atom is -0.384 e. The summed E-state index contributed by atoms with van der Waals surface area (Å²) in [6.45, 7) is 4.51. The summed E-state index contributed by atoms with van der Waals surface area (Å²) in [5, 5.41) is 0. The fraction of sp³-hybridized carbons (Fsp3) is 0.500. The van der Waals surface area contributed by atoms with Crippen LogP contribution in [0.25, 0.3) is 0 Å². The summed E-state index contributed by atoms with van der Waals surface area (Å²) in [4.78, 5) is 4.33. The lowest BCUT2D eigenvalue weighted by atomic mass is 10.2. The van der Waals surface area contributed by atoms with Gasteiger partial charge in [0.25, 0.3) is 0 Å². The molecule has 0 aliphatic heterocycles. The molecule has 0 amide bonds. The van der Waals surface area contributed by atoms with Gasteiger partial charge in [-0.15, -0.1) is 0 Å². The first-order chi connectivity index (χ1) is 8.34. The molecule has 0 saturated carbocycles. The maximum absolute atomic E-state index is 5.87. The van der Waals surface area contributed by atoms with Crippen molar-refractivity contribution in [3.63, 3.8) is 0 Å². The average Bonchev–Trinajstić information content (AvgIpc) is 2.38. The molecule has 0 bridgehead atoms. The Kier molecular flexibility index (Phi) is 7.07. The van der Waals surface area contributed by atoms with Gasteiger partial charge in [-0.2, -0.15) is 0 Å². The Balaban J connectivity index is 2.16. The number of unbranched alkanes of at least 4 members (excludes halogenated alkanes) is 1. The van der Waals surface area contributed by atoms with Crippen LogP contribution in [0.15, 0.2) is 35.3 Å². The number of nitrogens with zero attached hydrogens (tertiary/aromatic N) is 1. The number of rotatable bonds is 8. The summed E-state index contributed by atoms with van der Waals surface area (Å²) in [7, 11) is 0. The first-order valence-electron chi connectivity index (χ1n) is 6.27. The zero-order valence-electron chi connectivity index (χ0n) is 10.6. The van der Waals surface area contributed by atoms with E-state index in [1.807, 2.05) is 30.3 Å². The van der Waals surface area contributed by atoms with Crippen LogP contribution in [0.3, 0.4) is 0 Å². The van der Waals surface area contributed by atoms with Crippen LogP contribution in [-0.4, -0.2) is 25.6 Å². The SMILES string of the molecule is CCCCOCCCN=C(N)c1ccccc1. The molecule has 1 rings (SSSR count). The Morgan fingerprint density at radius 2 is 1.88 bits per heavy atom. The lowest BCUT2D eigenvalue weighted by Gasteiger charge is -2.02. The lowest BCUT2D eigenvalue weighted by molar-refractivity contribution is 0.130. The van der Waals surface area contributed by atoms with Gasteiger partial charge in [0.05, 0.1) is 0 Å². The zero-order chi connectivity index (χ0) is 12.3. The van der Waals surface area contributed by atoms with Crippen molar-refractivity contribution in [1.29, 1.82) is 0 Å². The van der Waals surface area contributed by atoms with E-state index in [0.717, 1.165) is 38.2 Å². The number of amidine groups is 1. The third-order valence-corrected chi connectivity index (χ3v) is 2.44. The van der Waals surface area contributed by atoms with Crippen molar-refractivity contribution in [1.82, 2.24) is 0 Å². The molecule has 0 aliphatic carbocycles. The Hall–Kier alpha value is -1.35. The van der Waals surface area contributed by atoms with Gasteiger partial charge in [-0.05, 0) is 12.8 Å². The molecule has 17 heavy (non-hydrogen) atoms. The fourth-order valence-electron chi connectivity index (χ4n) is 1.41. The molecule has 0 unspecified atom stereocenters. The van der Waals surface area contributed by atoms with Crippen LogP contribution in [0.2, 0.25) is 0 Å². The first kappa shape index (κ1) is 13.7. The van der Waals surface area contributed by atoms with Crippen LogP contribution in [0.1, 0.15) is 31.7 Å². The second-order valence-electron chi connectivity index (χ2n) is 3.95. The minimum absolute atomic E-state index is 0.610. The molecule has 0 aliphatic rings. The molecule has 0 spiro atoms. The van der Waals surface area contributed by atoms with Crippen LogP contribution >= 0.6 is 0 Å². The molecule has 1 aromatic carbocycles. The monoisotopic (exact) mass is 234 g/mol. The van der Waals surface area contributed by atoms with E-state index in [1.165, 1.54) is 6.42 Å². The summed E-state index contributed by atoms with van der Waals surface area (Å²) in [6, 6.07) is 9.84. The van der Waals surface area contributed by atoms with Gasteiger partial charge in [0, 0.05) is 25.3 Å². The molecule has 0 atom stereocenters. The molecule has 3 nitrogen and oxygen atoms in total. The summed E-state index contributed by atoms with van der Waals surface area (Å²) in [6.07, 6.45) is 3.24. The van der Waals surface area contributed by atoms with Gasteiger partial charge >= 0.3 is 0 Å². The predicted molar refractivity (Wildman–Crippen MR) is 72.4 cm³/mol. The van der Waals surface area contributed by atoms with Gasteiger partial charge in [-0.25, -0.2) is 0 Å². The van der Waals surface area contributed by atoms with Crippen molar-refractivity contribution < 1.29 is 4.74 Å².